The van der Waals surface area contributed by atoms with E-state index in [4.69, 9.17) is 9.47 Å². The van der Waals surface area contributed by atoms with Gasteiger partial charge in [-0.1, -0.05) is 30.3 Å². The number of guanidine groups is 1. The van der Waals surface area contributed by atoms with Crippen LogP contribution in [0.1, 0.15) is 11.1 Å². The van der Waals surface area contributed by atoms with Crippen molar-refractivity contribution in [3.8, 4) is 5.75 Å². The zero-order valence-corrected chi connectivity index (χ0v) is 22.0. The SMILES string of the molecule is CN=C(NCc1ccccc1CN1CCOCC1)N1CCN(c2cccc(OC)c2)CC1.I. The van der Waals surface area contributed by atoms with Gasteiger partial charge in [0, 0.05) is 71.2 Å². The van der Waals surface area contributed by atoms with E-state index in [9.17, 15) is 0 Å². The van der Waals surface area contributed by atoms with Gasteiger partial charge in [0.1, 0.15) is 5.75 Å². The number of anilines is 1. The molecule has 0 aliphatic carbocycles. The molecule has 0 bridgehead atoms. The summed E-state index contributed by atoms with van der Waals surface area (Å²) >= 11 is 0. The van der Waals surface area contributed by atoms with Crippen LogP contribution < -0.4 is 15.0 Å². The first kappa shape index (κ1) is 25.6. The van der Waals surface area contributed by atoms with Gasteiger partial charge in [0.25, 0.3) is 0 Å². The quantitative estimate of drug-likeness (QED) is 0.330. The van der Waals surface area contributed by atoms with E-state index in [-0.39, 0.29) is 24.0 Å². The number of hydrogen-bond donors (Lipinski definition) is 1. The van der Waals surface area contributed by atoms with Crippen LogP contribution in [-0.2, 0) is 17.8 Å². The Balaban J connectivity index is 0.00000306. The summed E-state index contributed by atoms with van der Waals surface area (Å²) in [6.07, 6.45) is 0. The van der Waals surface area contributed by atoms with E-state index in [1.165, 1.54) is 16.8 Å². The summed E-state index contributed by atoms with van der Waals surface area (Å²) in [5, 5.41) is 3.60. The van der Waals surface area contributed by atoms with Gasteiger partial charge in [0.15, 0.2) is 5.96 Å². The number of piperazine rings is 1. The topological polar surface area (TPSA) is 52.6 Å². The number of ether oxygens (including phenoxy) is 2. The van der Waals surface area contributed by atoms with E-state index in [0.717, 1.165) is 77.3 Å². The molecule has 0 spiro atoms. The molecule has 4 rings (SSSR count). The Morgan fingerprint density at radius 2 is 1.70 bits per heavy atom. The average molecular weight is 566 g/mol. The minimum atomic E-state index is 0. The largest absolute Gasteiger partial charge is 0.497 e. The van der Waals surface area contributed by atoms with Gasteiger partial charge >= 0.3 is 0 Å². The van der Waals surface area contributed by atoms with Crippen molar-refractivity contribution in [2.45, 2.75) is 13.1 Å². The Morgan fingerprint density at radius 1 is 0.970 bits per heavy atom. The van der Waals surface area contributed by atoms with Crippen molar-refractivity contribution in [1.82, 2.24) is 15.1 Å². The first-order valence-corrected chi connectivity index (χ1v) is 11.5. The van der Waals surface area contributed by atoms with Crippen molar-refractivity contribution in [2.24, 2.45) is 4.99 Å². The van der Waals surface area contributed by atoms with Crippen molar-refractivity contribution in [3.63, 3.8) is 0 Å². The molecule has 2 heterocycles. The first-order chi connectivity index (χ1) is 15.8. The third kappa shape index (κ3) is 6.97. The van der Waals surface area contributed by atoms with Gasteiger partial charge in [-0.05, 0) is 23.3 Å². The van der Waals surface area contributed by atoms with Crippen molar-refractivity contribution in [1.29, 1.82) is 0 Å². The molecule has 33 heavy (non-hydrogen) atoms. The van der Waals surface area contributed by atoms with Gasteiger partial charge in [-0.25, -0.2) is 0 Å². The molecule has 180 valence electrons. The van der Waals surface area contributed by atoms with Crippen LogP contribution in [0.3, 0.4) is 0 Å². The van der Waals surface area contributed by atoms with Crippen molar-refractivity contribution in [3.05, 3.63) is 59.7 Å². The average Bonchev–Trinajstić information content (AvgIpc) is 2.86. The van der Waals surface area contributed by atoms with Gasteiger partial charge in [0.2, 0.25) is 0 Å². The van der Waals surface area contributed by atoms with E-state index in [2.05, 4.69) is 67.5 Å². The fraction of sp³-hybridized carbons (Fsp3) is 0.480. The normalized spacial score (nSPS) is 17.5. The lowest BCUT2D eigenvalue weighted by atomic mass is 10.1. The zero-order valence-electron chi connectivity index (χ0n) is 19.7. The standard InChI is InChI=1S/C25H35N5O2.HI/c1-26-25(30-12-10-29(11-13-30)23-8-5-9-24(18-23)31-2)27-19-21-6-3-4-7-22(21)20-28-14-16-32-17-15-28;/h3-9,18H,10-17,19-20H2,1-2H3,(H,26,27);1H. The minimum Gasteiger partial charge on any atom is -0.497 e. The molecule has 0 amide bonds. The Labute approximate surface area is 214 Å². The second kappa shape index (κ2) is 13.0. The molecule has 2 aromatic rings. The Bertz CT molecular complexity index is 896. The van der Waals surface area contributed by atoms with E-state index in [1.54, 1.807) is 7.11 Å². The smallest absolute Gasteiger partial charge is 0.194 e. The predicted octanol–water partition coefficient (Wildman–Crippen LogP) is 3.04. The fourth-order valence-corrected chi connectivity index (χ4v) is 4.37. The lowest BCUT2D eigenvalue weighted by molar-refractivity contribution is 0.0341. The molecule has 8 heteroatoms. The molecular formula is C25H36IN5O2. The predicted molar refractivity (Wildman–Crippen MR) is 145 cm³/mol. The number of nitrogens with one attached hydrogen (secondary N) is 1. The van der Waals surface area contributed by atoms with Crippen LogP contribution in [0.5, 0.6) is 5.75 Å². The molecule has 2 saturated heterocycles. The minimum absolute atomic E-state index is 0. The molecule has 1 N–H and O–H groups in total. The Hall–Kier alpha value is -2.04. The van der Waals surface area contributed by atoms with Crippen LogP contribution in [-0.4, -0.2) is 82.4 Å². The highest BCUT2D eigenvalue weighted by molar-refractivity contribution is 14.0. The van der Waals surface area contributed by atoms with Crippen LogP contribution in [0, 0.1) is 0 Å². The zero-order chi connectivity index (χ0) is 22.2. The number of halogens is 1. The molecule has 0 radical (unpaired) electrons. The Kier molecular flexibility index (Phi) is 10.1. The number of morpholine rings is 1. The highest BCUT2D eigenvalue weighted by Gasteiger charge is 2.20. The van der Waals surface area contributed by atoms with Gasteiger partial charge in [-0.2, -0.15) is 0 Å². The molecule has 2 aliphatic rings. The van der Waals surface area contributed by atoms with Gasteiger partial charge in [0.05, 0.1) is 20.3 Å². The van der Waals surface area contributed by atoms with Gasteiger partial charge in [-0.15, -0.1) is 24.0 Å². The van der Waals surface area contributed by atoms with Gasteiger partial charge in [-0.3, -0.25) is 9.89 Å². The van der Waals surface area contributed by atoms with Crippen molar-refractivity contribution in [2.75, 3.05) is 71.5 Å². The molecule has 0 aromatic heterocycles. The summed E-state index contributed by atoms with van der Waals surface area (Å²) in [6.45, 7) is 9.20. The molecule has 0 atom stereocenters. The molecular weight excluding hydrogens is 529 g/mol. The van der Waals surface area contributed by atoms with Crippen LogP contribution in [0.4, 0.5) is 5.69 Å². The maximum atomic E-state index is 5.49. The fourth-order valence-electron chi connectivity index (χ4n) is 4.37. The molecule has 0 saturated carbocycles. The third-order valence-corrected chi connectivity index (χ3v) is 6.26. The highest BCUT2D eigenvalue weighted by atomic mass is 127. The second-order valence-electron chi connectivity index (χ2n) is 8.23. The second-order valence-corrected chi connectivity index (χ2v) is 8.23. The summed E-state index contributed by atoms with van der Waals surface area (Å²) in [7, 11) is 3.59. The third-order valence-electron chi connectivity index (χ3n) is 6.26. The van der Waals surface area contributed by atoms with Crippen LogP contribution in [0.25, 0.3) is 0 Å². The van der Waals surface area contributed by atoms with Crippen molar-refractivity contribution >= 4 is 35.6 Å². The lowest BCUT2D eigenvalue weighted by Gasteiger charge is -2.37. The van der Waals surface area contributed by atoms with Crippen LogP contribution in [0.15, 0.2) is 53.5 Å². The van der Waals surface area contributed by atoms with Gasteiger partial charge < -0.3 is 24.6 Å². The summed E-state index contributed by atoms with van der Waals surface area (Å²) in [4.78, 5) is 11.8. The summed E-state index contributed by atoms with van der Waals surface area (Å²) < 4.78 is 10.9. The maximum Gasteiger partial charge on any atom is 0.194 e. The molecule has 2 aromatic carbocycles. The number of rotatable bonds is 6. The molecule has 2 aliphatic heterocycles. The molecule has 7 nitrogen and oxygen atoms in total. The number of methoxy groups -OCH3 is 1. The van der Waals surface area contributed by atoms with E-state index in [1.807, 2.05) is 13.1 Å². The number of nitrogens with zero attached hydrogens (tertiary/aromatic N) is 4. The monoisotopic (exact) mass is 565 g/mol. The summed E-state index contributed by atoms with van der Waals surface area (Å²) in [5.41, 5.74) is 3.92. The lowest BCUT2D eigenvalue weighted by Crippen LogP contribution is -2.52. The van der Waals surface area contributed by atoms with Crippen LogP contribution in [0.2, 0.25) is 0 Å². The maximum absolute atomic E-state index is 5.49. The number of aliphatic imine (C=N–C) groups is 1. The van der Waals surface area contributed by atoms with E-state index < -0.39 is 0 Å². The first-order valence-electron chi connectivity index (χ1n) is 11.5. The van der Waals surface area contributed by atoms with Crippen molar-refractivity contribution < 1.29 is 9.47 Å². The number of benzene rings is 2. The highest BCUT2D eigenvalue weighted by Crippen LogP contribution is 2.22. The summed E-state index contributed by atoms with van der Waals surface area (Å²) in [6, 6.07) is 17.0. The Morgan fingerprint density at radius 3 is 2.39 bits per heavy atom. The van der Waals surface area contributed by atoms with E-state index >= 15 is 0 Å². The van der Waals surface area contributed by atoms with Crippen LogP contribution >= 0.6 is 24.0 Å². The number of hydrogen-bond acceptors (Lipinski definition) is 5. The van der Waals surface area contributed by atoms with E-state index in [0.29, 0.717) is 0 Å². The molecule has 0 unspecified atom stereocenters. The summed E-state index contributed by atoms with van der Waals surface area (Å²) in [5.74, 6) is 1.87. The molecule has 2 fully saturated rings.